The van der Waals surface area contributed by atoms with Crippen molar-refractivity contribution in [3.05, 3.63) is 66.5 Å². The Morgan fingerprint density at radius 3 is 2.36 bits per heavy atom. The Morgan fingerprint density at radius 1 is 0.891 bits per heavy atom. The zero-order chi connectivity index (χ0) is 45.4. The average Bonchev–Trinajstić information content (AvgIpc) is 3.72. The molecule has 8 rings (SSSR count). The van der Waals surface area contributed by atoms with Crippen molar-refractivity contribution in [2.45, 2.75) is 109 Å². The first-order chi connectivity index (χ1) is 30.4. The quantitative estimate of drug-likeness (QED) is 0.0899. The Balaban J connectivity index is 0.887. The van der Waals surface area contributed by atoms with Crippen molar-refractivity contribution in [3.63, 3.8) is 0 Å². The molecular weight excluding hydrogens is 842 g/mol. The second-order valence-electron chi connectivity index (χ2n) is 18.6. The predicted octanol–water partition coefficient (Wildman–Crippen LogP) is 6.38. The lowest BCUT2D eigenvalue weighted by molar-refractivity contribution is -0.134. The number of nitrogens with zero attached hydrogens (tertiary/aromatic N) is 7. The number of nitrogens with one attached hydrogen (secondary N) is 1. The molecule has 0 unspecified atom stereocenters. The lowest BCUT2D eigenvalue weighted by Crippen LogP contribution is -2.54. The lowest BCUT2D eigenvalue weighted by atomic mass is 9.80. The Hall–Kier alpha value is -5.39. The van der Waals surface area contributed by atoms with Crippen LogP contribution in [-0.4, -0.2) is 105 Å². The molecule has 3 aliphatic heterocycles. The predicted molar refractivity (Wildman–Crippen MR) is 239 cm³/mol. The minimum absolute atomic E-state index is 0.00727. The molecule has 0 radical (unpaired) electrons. The summed E-state index contributed by atoms with van der Waals surface area (Å²) < 4.78 is 44.4. The highest BCUT2D eigenvalue weighted by molar-refractivity contribution is 7.48. The third-order valence-electron chi connectivity index (χ3n) is 11.7. The molecule has 1 atom stereocenters. The molecule has 19 heteroatoms. The van der Waals surface area contributed by atoms with Crippen LogP contribution < -0.4 is 30.3 Å². The van der Waals surface area contributed by atoms with Gasteiger partial charge in [-0.2, -0.15) is 5.10 Å². The van der Waals surface area contributed by atoms with Gasteiger partial charge in [-0.15, -0.1) is 10.2 Å². The fourth-order valence-electron chi connectivity index (χ4n) is 8.94. The molecule has 3 N–H and O–H groups in total. The van der Waals surface area contributed by atoms with Crippen molar-refractivity contribution in [1.29, 1.82) is 0 Å². The normalized spacial score (nSPS) is 21.3. The summed E-state index contributed by atoms with van der Waals surface area (Å²) in [6.45, 7) is 12.7. The second-order valence-corrected chi connectivity index (χ2v) is 20.1. The number of fused-ring (bicyclic) bond motifs is 1. The van der Waals surface area contributed by atoms with Gasteiger partial charge in [-0.1, -0.05) is 24.3 Å². The molecule has 2 aromatic carbocycles. The minimum Gasteiger partial charge on any atom is -0.489 e. The number of nitrogen functional groups attached to an aromatic ring is 1. The fraction of sp³-hybridized carbons (Fsp3) is 0.511. The molecule has 64 heavy (non-hydrogen) atoms. The van der Waals surface area contributed by atoms with Crippen LogP contribution >= 0.6 is 7.82 Å². The van der Waals surface area contributed by atoms with Crippen LogP contribution in [0, 0.1) is 0 Å². The summed E-state index contributed by atoms with van der Waals surface area (Å²) in [5.41, 5.74) is 8.91. The molecule has 5 heterocycles. The van der Waals surface area contributed by atoms with E-state index in [1.165, 1.54) is 0 Å². The molecular formula is C45H58N9O9P. The van der Waals surface area contributed by atoms with Crippen molar-refractivity contribution in [2.24, 2.45) is 0 Å². The van der Waals surface area contributed by atoms with Gasteiger partial charge in [0.25, 0.3) is 0 Å². The highest BCUT2D eigenvalue weighted by atomic mass is 31.2. The summed E-state index contributed by atoms with van der Waals surface area (Å²) in [6.07, 6.45) is 8.05. The van der Waals surface area contributed by atoms with Gasteiger partial charge in [0.1, 0.15) is 29.8 Å². The Labute approximate surface area is 373 Å². The third-order valence-corrected chi connectivity index (χ3v) is 13.7. The molecule has 18 nitrogen and oxygen atoms in total. The van der Waals surface area contributed by atoms with Gasteiger partial charge >= 0.3 is 7.82 Å². The summed E-state index contributed by atoms with van der Waals surface area (Å²) in [4.78, 5) is 44.5. The molecule has 2 saturated heterocycles. The number of benzene rings is 2. The largest absolute Gasteiger partial charge is 0.489 e. The van der Waals surface area contributed by atoms with Gasteiger partial charge in [0.05, 0.1) is 53.8 Å². The summed E-state index contributed by atoms with van der Waals surface area (Å²) in [7, 11) is -4.02. The van der Waals surface area contributed by atoms with E-state index in [2.05, 4.69) is 36.5 Å². The van der Waals surface area contributed by atoms with Crippen molar-refractivity contribution < 1.29 is 42.0 Å². The number of phosphoric acid groups is 1. The molecule has 1 saturated carbocycles. The van der Waals surface area contributed by atoms with Gasteiger partial charge in [-0.05, 0) is 109 Å². The molecule has 4 aliphatic rings. The van der Waals surface area contributed by atoms with E-state index in [0.717, 1.165) is 49.2 Å². The first-order valence-electron chi connectivity index (χ1n) is 21.9. The topological polar surface area (TPSA) is 206 Å². The maximum absolute atomic E-state index is 13.7. The number of rotatable bonds is 12. The number of nitrogens with two attached hydrogens (primary N) is 1. The molecule has 3 fully saturated rings. The van der Waals surface area contributed by atoms with Crippen LogP contribution in [-0.2, 0) is 32.5 Å². The van der Waals surface area contributed by atoms with Gasteiger partial charge in [0.2, 0.25) is 17.7 Å². The number of aromatic nitrogens is 4. The number of piperazine rings is 1. The number of imide groups is 1. The number of phosphoric ester groups is 1. The summed E-state index contributed by atoms with van der Waals surface area (Å²) >= 11 is 0. The molecule has 0 bridgehead atoms. The smallest absolute Gasteiger partial charge is 0.478 e. The van der Waals surface area contributed by atoms with Crippen LogP contribution in [0.4, 0.5) is 17.2 Å². The van der Waals surface area contributed by atoms with E-state index in [4.69, 9.17) is 28.8 Å². The Morgan fingerprint density at radius 2 is 1.64 bits per heavy atom. The molecule has 4 aromatic rings. The number of anilines is 3. The van der Waals surface area contributed by atoms with Crippen molar-refractivity contribution in [2.75, 3.05) is 55.1 Å². The molecule has 3 amide bonds. The summed E-state index contributed by atoms with van der Waals surface area (Å²) in [5.74, 6) is 1.19. The van der Waals surface area contributed by atoms with Crippen LogP contribution in [0.5, 0.6) is 11.5 Å². The Bertz CT molecular complexity index is 2400. The highest BCUT2D eigenvalue weighted by Crippen LogP contribution is 2.55. The van der Waals surface area contributed by atoms with Crippen molar-refractivity contribution >= 4 is 42.7 Å². The summed E-state index contributed by atoms with van der Waals surface area (Å²) in [5, 5.41) is 15.6. The Kier molecular flexibility index (Phi) is 12.9. The van der Waals surface area contributed by atoms with Gasteiger partial charge in [-0.3, -0.25) is 33.6 Å². The number of carbonyl (C=O) groups is 3. The fourth-order valence-corrected chi connectivity index (χ4v) is 10.6. The number of amides is 3. The van der Waals surface area contributed by atoms with E-state index < -0.39 is 31.9 Å². The van der Waals surface area contributed by atoms with E-state index in [9.17, 15) is 18.9 Å². The van der Waals surface area contributed by atoms with Gasteiger partial charge in [-0.25, -0.2) is 13.8 Å². The summed E-state index contributed by atoms with van der Waals surface area (Å²) in [6, 6.07) is 14.9. The standard InChI is InChI=1S/C45H58N9O9P/c1-44(2,3)62-64(58,63-45(4,5)6)61-28-60-38-13-8-7-10-33(38)34-24-37(42(46)50-49-34)54-26-31(25-47-54)52-21-20-51(27-40(52)56)30-16-14-29(15-17-30)32-11-9-12-35-41(32)59-23-22-53(35)36-18-19-39(55)48-43(36)57/h7-13,24-26,29-30,36H,14-23,27-28H2,1-6H3,(H2,46,50)(H,48,55,57)/t29?,30?,36-/m0/s1. The number of para-hydroxylation sites is 2. The zero-order valence-electron chi connectivity index (χ0n) is 37.3. The van der Waals surface area contributed by atoms with E-state index in [-0.39, 0.29) is 29.6 Å². The van der Waals surface area contributed by atoms with Crippen LogP contribution in [0.1, 0.15) is 91.5 Å². The van der Waals surface area contributed by atoms with Gasteiger partial charge in [0, 0.05) is 31.1 Å². The second kappa shape index (κ2) is 18.2. The molecule has 0 spiro atoms. The SMILES string of the molecule is CC(C)(C)OP(=O)(OCOc1ccccc1-c1cc(-n2cc(N3CCN(C4CCC(c5cccc6c5OCCN6[C@H]5CCC(=O)NC5=O)CC4)CC3=O)cn2)c(N)nn1)OC(C)(C)C. The van der Waals surface area contributed by atoms with Gasteiger partial charge in [0.15, 0.2) is 12.6 Å². The number of hydrogen-bond acceptors (Lipinski definition) is 15. The van der Waals surface area contributed by atoms with Crippen LogP contribution in [0.25, 0.3) is 16.9 Å². The highest BCUT2D eigenvalue weighted by Gasteiger charge is 2.39. The van der Waals surface area contributed by atoms with Crippen LogP contribution in [0.3, 0.4) is 0 Å². The number of ether oxygens (including phenoxy) is 2. The molecule has 1 aliphatic carbocycles. The van der Waals surface area contributed by atoms with Gasteiger partial charge < -0.3 is 25.0 Å². The van der Waals surface area contributed by atoms with E-state index in [1.54, 1.807) is 87.8 Å². The van der Waals surface area contributed by atoms with Crippen LogP contribution in [0.2, 0.25) is 0 Å². The van der Waals surface area contributed by atoms with Crippen molar-refractivity contribution in [3.8, 4) is 28.4 Å². The van der Waals surface area contributed by atoms with Crippen molar-refractivity contribution in [1.82, 2.24) is 30.2 Å². The maximum Gasteiger partial charge on any atom is 0.478 e. The maximum atomic E-state index is 13.7. The van der Waals surface area contributed by atoms with E-state index in [1.807, 2.05) is 18.2 Å². The first kappa shape index (κ1) is 45.2. The molecule has 2 aromatic heterocycles. The molecule has 342 valence electrons. The monoisotopic (exact) mass is 899 g/mol. The number of piperidine rings is 1. The van der Waals surface area contributed by atoms with E-state index >= 15 is 0 Å². The average molecular weight is 900 g/mol. The van der Waals surface area contributed by atoms with E-state index in [0.29, 0.717) is 73.4 Å². The minimum atomic E-state index is -4.02. The number of carbonyl (C=O) groups excluding carboxylic acids is 3. The third kappa shape index (κ3) is 10.3. The van der Waals surface area contributed by atoms with Crippen LogP contribution in [0.15, 0.2) is 60.9 Å². The lowest BCUT2D eigenvalue weighted by Gasteiger charge is -2.42. The first-order valence-corrected chi connectivity index (χ1v) is 23.4. The number of hydrogen-bond donors (Lipinski definition) is 2. The zero-order valence-corrected chi connectivity index (χ0v) is 38.2.